The highest BCUT2D eigenvalue weighted by Gasteiger charge is 2.36. The van der Waals surface area contributed by atoms with Gasteiger partial charge in [0.1, 0.15) is 5.54 Å². The van der Waals surface area contributed by atoms with Crippen LogP contribution in [-0.4, -0.2) is 22.7 Å². The molecule has 0 aromatic heterocycles. The van der Waals surface area contributed by atoms with E-state index in [1.165, 1.54) is 19.3 Å². The Morgan fingerprint density at radius 1 is 1.38 bits per heavy atom. The highest BCUT2D eigenvalue weighted by atomic mass is 16.4. The number of rotatable bonds is 5. The van der Waals surface area contributed by atoms with Gasteiger partial charge in [-0.15, -0.1) is 0 Å². The predicted molar refractivity (Wildman–Crippen MR) is 65.5 cm³/mol. The summed E-state index contributed by atoms with van der Waals surface area (Å²) in [6.45, 7) is 5.94. The van der Waals surface area contributed by atoms with Gasteiger partial charge in [0.15, 0.2) is 0 Å². The molecule has 0 aromatic carbocycles. The Morgan fingerprint density at radius 2 is 2.00 bits per heavy atom. The summed E-state index contributed by atoms with van der Waals surface area (Å²) in [7, 11) is 0. The molecule has 0 saturated heterocycles. The second kappa shape index (κ2) is 5.67. The van der Waals surface area contributed by atoms with E-state index >= 15 is 0 Å². The third-order valence-electron chi connectivity index (χ3n) is 4.12. The van der Waals surface area contributed by atoms with Crippen LogP contribution in [-0.2, 0) is 4.79 Å². The van der Waals surface area contributed by atoms with Crippen LogP contribution in [0.5, 0.6) is 0 Å². The lowest BCUT2D eigenvalue weighted by molar-refractivity contribution is -0.145. The number of carboxylic acid groups (broad SMARTS) is 1. The zero-order valence-electron chi connectivity index (χ0n) is 10.8. The van der Waals surface area contributed by atoms with Crippen LogP contribution in [0.3, 0.4) is 0 Å². The molecule has 0 radical (unpaired) electrons. The molecule has 0 aliphatic heterocycles. The summed E-state index contributed by atoms with van der Waals surface area (Å²) in [6.07, 6.45) is 6.68. The summed E-state index contributed by atoms with van der Waals surface area (Å²) in [5.41, 5.74) is -0.755. The summed E-state index contributed by atoms with van der Waals surface area (Å²) in [5.74, 6) is -0.0746. The van der Waals surface area contributed by atoms with Crippen molar-refractivity contribution in [2.45, 2.75) is 70.9 Å². The van der Waals surface area contributed by atoms with E-state index in [1.807, 2.05) is 6.92 Å². The smallest absolute Gasteiger partial charge is 0.323 e. The highest BCUT2D eigenvalue weighted by molar-refractivity contribution is 5.78. The maximum Gasteiger partial charge on any atom is 0.323 e. The van der Waals surface area contributed by atoms with Gasteiger partial charge in [0.2, 0.25) is 0 Å². The molecule has 0 bridgehead atoms. The van der Waals surface area contributed by atoms with Crippen molar-refractivity contribution in [3.8, 4) is 0 Å². The molecule has 2 N–H and O–H groups in total. The van der Waals surface area contributed by atoms with Gasteiger partial charge in [-0.25, -0.2) is 0 Å². The van der Waals surface area contributed by atoms with Gasteiger partial charge in [0.25, 0.3) is 0 Å². The third-order valence-corrected chi connectivity index (χ3v) is 4.12. The monoisotopic (exact) mass is 227 g/mol. The first-order valence-electron chi connectivity index (χ1n) is 6.54. The fourth-order valence-electron chi connectivity index (χ4n) is 2.61. The standard InChI is InChI=1S/C13H25NO2/c1-4-10-8-6-7-9-11(10)14-13(3,5-2)12(15)16/h10-11,14H,4-9H2,1-3H3,(H,15,16). The molecule has 0 spiro atoms. The Balaban J connectivity index is 2.65. The molecule has 16 heavy (non-hydrogen) atoms. The van der Waals surface area contributed by atoms with Crippen LogP contribution in [0.25, 0.3) is 0 Å². The van der Waals surface area contributed by atoms with Crippen LogP contribution >= 0.6 is 0 Å². The highest BCUT2D eigenvalue weighted by Crippen LogP contribution is 2.28. The van der Waals surface area contributed by atoms with E-state index in [0.29, 0.717) is 18.4 Å². The maximum absolute atomic E-state index is 11.3. The molecule has 1 aliphatic rings. The van der Waals surface area contributed by atoms with Crippen molar-refractivity contribution in [2.24, 2.45) is 5.92 Å². The lowest BCUT2D eigenvalue weighted by Gasteiger charge is -2.37. The van der Waals surface area contributed by atoms with Crippen LogP contribution in [0, 0.1) is 5.92 Å². The molecule has 3 atom stereocenters. The predicted octanol–water partition coefficient (Wildman–Crippen LogP) is 2.80. The van der Waals surface area contributed by atoms with Gasteiger partial charge in [0.05, 0.1) is 0 Å². The second-order valence-electron chi connectivity index (χ2n) is 5.19. The molecule has 94 valence electrons. The molecule has 3 unspecified atom stereocenters. The van der Waals surface area contributed by atoms with Crippen LogP contribution in [0.15, 0.2) is 0 Å². The Hall–Kier alpha value is -0.570. The first-order chi connectivity index (χ1) is 7.53. The molecule has 1 rings (SSSR count). The molecule has 1 aliphatic carbocycles. The van der Waals surface area contributed by atoms with Crippen molar-refractivity contribution in [3.05, 3.63) is 0 Å². The van der Waals surface area contributed by atoms with E-state index in [4.69, 9.17) is 0 Å². The Bertz CT molecular complexity index is 242. The largest absolute Gasteiger partial charge is 0.480 e. The SMILES string of the molecule is CCC1CCCCC1NC(C)(CC)C(=O)O. The van der Waals surface area contributed by atoms with Crippen LogP contribution < -0.4 is 5.32 Å². The molecule has 3 heteroatoms. The molecule has 0 aromatic rings. The lowest BCUT2D eigenvalue weighted by Crippen LogP contribution is -2.56. The third kappa shape index (κ3) is 2.97. The summed E-state index contributed by atoms with van der Waals surface area (Å²) in [6, 6.07) is 0.389. The van der Waals surface area contributed by atoms with Gasteiger partial charge < -0.3 is 5.11 Å². The van der Waals surface area contributed by atoms with E-state index in [9.17, 15) is 9.90 Å². The van der Waals surface area contributed by atoms with Gasteiger partial charge in [-0.2, -0.15) is 0 Å². The van der Waals surface area contributed by atoms with Gasteiger partial charge in [-0.1, -0.05) is 33.1 Å². The van der Waals surface area contributed by atoms with E-state index in [2.05, 4.69) is 12.2 Å². The normalized spacial score (nSPS) is 29.7. The number of hydrogen-bond acceptors (Lipinski definition) is 2. The van der Waals surface area contributed by atoms with Crippen molar-refractivity contribution in [3.63, 3.8) is 0 Å². The van der Waals surface area contributed by atoms with Crippen LogP contribution in [0.1, 0.15) is 59.3 Å². The van der Waals surface area contributed by atoms with Gasteiger partial charge >= 0.3 is 5.97 Å². The first kappa shape index (κ1) is 13.5. The van der Waals surface area contributed by atoms with Crippen molar-refractivity contribution in [1.82, 2.24) is 5.32 Å². The molecule has 1 saturated carbocycles. The minimum atomic E-state index is -0.755. The molecular weight excluding hydrogens is 202 g/mol. The van der Waals surface area contributed by atoms with Crippen molar-refractivity contribution >= 4 is 5.97 Å². The number of nitrogens with one attached hydrogen (secondary N) is 1. The van der Waals surface area contributed by atoms with E-state index in [-0.39, 0.29) is 0 Å². The average molecular weight is 227 g/mol. The summed E-state index contributed by atoms with van der Waals surface area (Å²) < 4.78 is 0. The fourth-order valence-corrected chi connectivity index (χ4v) is 2.61. The lowest BCUT2D eigenvalue weighted by atomic mass is 9.81. The summed E-state index contributed by atoms with van der Waals surface area (Å²) >= 11 is 0. The minimum Gasteiger partial charge on any atom is -0.480 e. The van der Waals surface area contributed by atoms with E-state index < -0.39 is 11.5 Å². The average Bonchev–Trinajstić information content (AvgIpc) is 2.29. The number of carboxylic acids is 1. The van der Waals surface area contributed by atoms with E-state index in [1.54, 1.807) is 6.92 Å². The Morgan fingerprint density at radius 3 is 2.50 bits per heavy atom. The molecule has 1 fully saturated rings. The maximum atomic E-state index is 11.3. The summed E-state index contributed by atoms with van der Waals surface area (Å²) in [5, 5.41) is 12.6. The molecule has 0 heterocycles. The number of hydrogen-bond donors (Lipinski definition) is 2. The number of aliphatic carboxylic acids is 1. The minimum absolute atomic E-state index is 0.389. The van der Waals surface area contributed by atoms with Gasteiger partial charge in [-0.05, 0) is 32.1 Å². The molecule has 0 amide bonds. The summed E-state index contributed by atoms with van der Waals surface area (Å²) in [4.78, 5) is 11.3. The van der Waals surface area contributed by atoms with Crippen LogP contribution in [0.4, 0.5) is 0 Å². The number of carbonyl (C=O) groups is 1. The molecular formula is C13H25NO2. The second-order valence-corrected chi connectivity index (χ2v) is 5.19. The zero-order valence-corrected chi connectivity index (χ0v) is 10.8. The Labute approximate surface area is 98.6 Å². The zero-order chi connectivity index (χ0) is 12.2. The van der Waals surface area contributed by atoms with Crippen molar-refractivity contribution in [2.75, 3.05) is 0 Å². The van der Waals surface area contributed by atoms with Crippen molar-refractivity contribution in [1.29, 1.82) is 0 Å². The van der Waals surface area contributed by atoms with Crippen molar-refractivity contribution < 1.29 is 9.90 Å². The Kier molecular flexibility index (Phi) is 4.78. The van der Waals surface area contributed by atoms with Crippen LogP contribution in [0.2, 0.25) is 0 Å². The molecule has 3 nitrogen and oxygen atoms in total. The van der Waals surface area contributed by atoms with Gasteiger partial charge in [0, 0.05) is 6.04 Å². The topological polar surface area (TPSA) is 49.3 Å². The quantitative estimate of drug-likeness (QED) is 0.759. The van der Waals surface area contributed by atoms with Gasteiger partial charge in [-0.3, -0.25) is 10.1 Å². The fraction of sp³-hybridized carbons (Fsp3) is 0.923. The van der Waals surface area contributed by atoms with E-state index in [0.717, 1.165) is 12.8 Å². The first-order valence-corrected chi connectivity index (χ1v) is 6.54.